The second-order valence-corrected chi connectivity index (χ2v) is 7.64. The van der Waals surface area contributed by atoms with Crippen LogP contribution in [0.4, 0.5) is 11.5 Å². The number of fused-ring (bicyclic) bond motifs is 2. The molecule has 8 nitrogen and oxygen atoms in total. The Morgan fingerprint density at radius 2 is 2.09 bits per heavy atom. The predicted molar refractivity (Wildman–Crippen MR) is 123 cm³/mol. The summed E-state index contributed by atoms with van der Waals surface area (Å²) in [5.74, 6) is 1.51. The first-order valence-electron chi connectivity index (χ1n) is 10.2. The molecule has 1 aliphatic rings. The average molecular weight is 425 g/mol. The lowest BCUT2D eigenvalue weighted by Crippen LogP contribution is -2.29. The summed E-state index contributed by atoms with van der Waals surface area (Å²) in [6.07, 6.45) is 5.03. The number of nitrogens with one attached hydrogen (secondary N) is 1. The molecule has 0 unspecified atom stereocenters. The van der Waals surface area contributed by atoms with Crippen LogP contribution in [0.1, 0.15) is 17.5 Å². The number of H-pyrrole nitrogens is 1. The Labute approximate surface area is 183 Å². The van der Waals surface area contributed by atoms with E-state index in [1.807, 2.05) is 24.4 Å². The molecule has 8 heteroatoms. The molecule has 0 saturated heterocycles. The summed E-state index contributed by atoms with van der Waals surface area (Å²) < 4.78 is 5.37. The van der Waals surface area contributed by atoms with Gasteiger partial charge in [0.2, 0.25) is 0 Å². The van der Waals surface area contributed by atoms with Crippen molar-refractivity contribution in [2.45, 2.75) is 6.42 Å². The quantitative estimate of drug-likeness (QED) is 0.372. The number of hydrogen-bond acceptors (Lipinski definition) is 6. The first kappa shape index (κ1) is 19.6. The van der Waals surface area contributed by atoms with Gasteiger partial charge < -0.3 is 14.6 Å². The minimum atomic E-state index is -0.467. The third-order valence-corrected chi connectivity index (χ3v) is 5.88. The predicted octanol–water partition coefficient (Wildman–Crippen LogP) is 4.80. The lowest BCUT2D eigenvalue weighted by Gasteiger charge is -2.28. The van der Waals surface area contributed by atoms with E-state index >= 15 is 0 Å². The van der Waals surface area contributed by atoms with Gasteiger partial charge in [-0.05, 0) is 42.3 Å². The van der Waals surface area contributed by atoms with Crippen molar-refractivity contribution in [3.63, 3.8) is 0 Å². The maximum absolute atomic E-state index is 11.1. The zero-order valence-corrected chi connectivity index (χ0v) is 17.3. The van der Waals surface area contributed by atoms with Gasteiger partial charge in [-0.15, -0.1) is 0 Å². The van der Waals surface area contributed by atoms with E-state index in [-0.39, 0.29) is 5.69 Å². The maximum atomic E-state index is 11.1. The largest absolute Gasteiger partial charge is 0.497 e. The lowest BCUT2D eigenvalue weighted by atomic mass is 9.98. The molecule has 0 spiro atoms. The molecule has 0 aliphatic carbocycles. The molecular weight excluding hydrogens is 406 g/mol. The van der Waals surface area contributed by atoms with E-state index in [9.17, 15) is 15.4 Å². The maximum Gasteiger partial charge on any atom is 0.270 e. The van der Waals surface area contributed by atoms with E-state index in [0.717, 1.165) is 35.2 Å². The molecule has 0 atom stereocenters. The van der Waals surface area contributed by atoms with Crippen LogP contribution in [0.2, 0.25) is 0 Å². The van der Waals surface area contributed by atoms with Crippen LogP contribution in [-0.2, 0) is 0 Å². The summed E-state index contributed by atoms with van der Waals surface area (Å²) in [6, 6.07) is 14.3. The number of nitro groups is 1. The molecule has 2 aromatic carbocycles. The van der Waals surface area contributed by atoms with Gasteiger partial charge >= 0.3 is 0 Å². The minimum Gasteiger partial charge on any atom is -0.497 e. The molecule has 0 fully saturated rings. The van der Waals surface area contributed by atoms with Crippen LogP contribution in [-0.4, -0.2) is 35.1 Å². The van der Waals surface area contributed by atoms with Crippen molar-refractivity contribution in [1.82, 2.24) is 9.97 Å². The van der Waals surface area contributed by atoms with Gasteiger partial charge in [-0.25, -0.2) is 4.98 Å². The van der Waals surface area contributed by atoms with E-state index in [0.29, 0.717) is 28.8 Å². The van der Waals surface area contributed by atoms with Crippen LogP contribution in [0.5, 0.6) is 5.75 Å². The van der Waals surface area contributed by atoms with Crippen molar-refractivity contribution >= 4 is 38.9 Å². The first-order chi connectivity index (χ1) is 15.6. The van der Waals surface area contributed by atoms with Crippen LogP contribution >= 0.6 is 0 Å². The number of methoxy groups -OCH3 is 1. The van der Waals surface area contributed by atoms with Gasteiger partial charge in [0, 0.05) is 53.3 Å². The van der Waals surface area contributed by atoms with Gasteiger partial charge in [-0.3, -0.25) is 10.1 Å². The number of non-ortho nitro benzene ring substituents is 1. The number of anilines is 1. The van der Waals surface area contributed by atoms with Gasteiger partial charge in [-0.1, -0.05) is 6.08 Å². The lowest BCUT2D eigenvalue weighted by molar-refractivity contribution is -0.384. The van der Waals surface area contributed by atoms with Crippen molar-refractivity contribution in [1.29, 1.82) is 5.26 Å². The highest BCUT2D eigenvalue weighted by Gasteiger charge is 2.19. The molecule has 0 saturated carbocycles. The second-order valence-electron chi connectivity index (χ2n) is 7.64. The van der Waals surface area contributed by atoms with E-state index < -0.39 is 4.92 Å². The molecule has 158 valence electrons. The summed E-state index contributed by atoms with van der Waals surface area (Å²) in [4.78, 5) is 20.7. The molecule has 32 heavy (non-hydrogen) atoms. The molecule has 4 aromatic rings. The number of nitriles is 1. The zero-order chi connectivity index (χ0) is 22.2. The summed E-state index contributed by atoms with van der Waals surface area (Å²) in [7, 11) is 1.66. The molecule has 0 radical (unpaired) electrons. The SMILES string of the molecule is COc1ccc2[nH]cc(C3=CCN(c4cc(C#N)c5cc([N+](=O)[O-])ccc5n4)CC3)c2c1. The minimum absolute atomic E-state index is 0.0514. The van der Waals surface area contributed by atoms with E-state index in [4.69, 9.17) is 4.74 Å². The molecule has 0 bridgehead atoms. The van der Waals surface area contributed by atoms with Gasteiger partial charge in [0.05, 0.1) is 29.2 Å². The summed E-state index contributed by atoms with van der Waals surface area (Å²) in [5, 5.41) is 22.3. The van der Waals surface area contributed by atoms with Crippen molar-refractivity contribution in [3.8, 4) is 11.8 Å². The number of rotatable bonds is 4. The summed E-state index contributed by atoms with van der Waals surface area (Å²) in [6.45, 7) is 1.40. The summed E-state index contributed by atoms with van der Waals surface area (Å²) in [5.41, 5.74) is 4.38. The van der Waals surface area contributed by atoms with Gasteiger partial charge in [0.1, 0.15) is 11.6 Å². The molecular formula is C24H19N5O3. The van der Waals surface area contributed by atoms with Gasteiger partial charge in [-0.2, -0.15) is 5.26 Å². The first-order valence-corrected chi connectivity index (χ1v) is 10.2. The van der Waals surface area contributed by atoms with Gasteiger partial charge in [0.25, 0.3) is 5.69 Å². The highest BCUT2D eigenvalue weighted by Crippen LogP contribution is 2.33. The number of nitro benzene ring substituents is 1. The third-order valence-electron chi connectivity index (χ3n) is 5.88. The topological polar surface area (TPSA) is 108 Å². The Morgan fingerprint density at radius 1 is 1.22 bits per heavy atom. The number of hydrogen-bond donors (Lipinski definition) is 1. The smallest absolute Gasteiger partial charge is 0.270 e. The fourth-order valence-corrected chi connectivity index (χ4v) is 4.18. The number of nitrogens with zero attached hydrogens (tertiary/aromatic N) is 4. The highest BCUT2D eigenvalue weighted by atomic mass is 16.6. The number of aromatic nitrogens is 2. The number of pyridine rings is 1. The normalized spacial score (nSPS) is 13.8. The van der Waals surface area contributed by atoms with Crippen molar-refractivity contribution in [2.24, 2.45) is 0 Å². The second kappa shape index (κ2) is 7.71. The molecule has 1 N–H and O–H groups in total. The van der Waals surface area contributed by atoms with Crippen molar-refractivity contribution < 1.29 is 9.66 Å². The standard InChI is InChI=1S/C24H19N5O3/c1-32-18-3-5-22-20(12-18)21(14-26-22)15-6-8-28(9-7-15)24-10-16(13-25)19-11-17(29(30)31)2-4-23(19)27-24/h2-6,10-12,14,26H,7-9H2,1H3. The Balaban J connectivity index is 1.46. The van der Waals surface area contributed by atoms with Crippen molar-refractivity contribution in [2.75, 3.05) is 25.1 Å². The van der Waals surface area contributed by atoms with E-state index in [1.54, 1.807) is 19.2 Å². The van der Waals surface area contributed by atoms with Crippen LogP contribution in [0.25, 0.3) is 27.4 Å². The van der Waals surface area contributed by atoms with E-state index in [2.05, 4.69) is 27.0 Å². The number of benzene rings is 2. The van der Waals surface area contributed by atoms with Crippen LogP contribution in [0.15, 0.2) is 54.7 Å². The fourth-order valence-electron chi connectivity index (χ4n) is 4.18. The monoisotopic (exact) mass is 425 g/mol. The van der Waals surface area contributed by atoms with Crippen LogP contribution < -0.4 is 9.64 Å². The van der Waals surface area contributed by atoms with Crippen LogP contribution in [0.3, 0.4) is 0 Å². The molecule has 0 amide bonds. The number of aromatic amines is 1. The Bertz CT molecular complexity index is 1450. The molecule has 1 aliphatic heterocycles. The summed E-state index contributed by atoms with van der Waals surface area (Å²) >= 11 is 0. The highest BCUT2D eigenvalue weighted by molar-refractivity contribution is 5.94. The fraction of sp³-hybridized carbons (Fsp3) is 0.167. The Kier molecular flexibility index (Phi) is 4.71. The third kappa shape index (κ3) is 3.30. The van der Waals surface area contributed by atoms with Crippen molar-refractivity contribution in [3.05, 3.63) is 76.0 Å². The Hall–Kier alpha value is -4.38. The Morgan fingerprint density at radius 3 is 2.81 bits per heavy atom. The van der Waals surface area contributed by atoms with Gasteiger partial charge in [0.15, 0.2) is 0 Å². The zero-order valence-electron chi connectivity index (χ0n) is 17.3. The number of ether oxygens (including phenoxy) is 1. The molecule has 5 rings (SSSR count). The van der Waals surface area contributed by atoms with E-state index in [1.165, 1.54) is 17.7 Å². The average Bonchev–Trinajstić information content (AvgIpc) is 3.26. The molecule has 3 heterocycles. The van der Waals surface area contributed by atoms with Crippen LogP contribution in [0, 0.1) is 21.4 Å². The molecule has 2 aromatic heterocycles.